The normalized spacial score (nSPS) is 13.0. The van der Waals surface area contributed by atoms with Crippen LogP contribution in [0.25, 0.3) is 33.6 Å². The average molecular weight is 348 g/mol. The van der Waals surface area contributed by atoms with Gasteiger partial charge in [-0.15, -0.1) is 0 Å². The highest BCUT2D eigenvalue weighted by Gasteiger charge is 2.22. The topological polar surface area (TPSA) is 83.1 Å². The Balaban J connectivity index is 1.85. The maximum absolute atomic E-state index is 4.79. The first kappa shape index (κ1) is 16.7. The molecular weight excluding hydrogens is 324 g/mol. The molecule has 4 aromatic rings. The van der Waals surface area contributed by atoms with Gasteiger partial charge in [-0.3, -0.25) is 9.97 Å². The molecular formula is C20H24N6. The lowest BCUT2D eigenvalue weighted by atomic mass is 9.91. The molecule has 0 spiro atoms. The van der Waals surface area contributed by atoms with E-state index in [1.54, 1.807) is 0 Å². The van der Waals surface area contributed by atoms with Crippen molar-refractivity contribution in [3.05, 3.63) is 36.0 Å². The Hall–Kier alpha value is -2.76. The first-order chi connectivity index (χ1) is 12.1. The first-order valence-corrected chi connectivity index (χ1v) is 8.85. The van der Waals surface area contributed by atoms with Crippen molar-refractivity contribution >= 4 is 22.1 Å². The number of H-pyrrole nitrogens is 2. The van der Waals surface area contributed by atoms with E-state index < -0.39 is 0 Å². The summed E-state index contributed by atoms with van der Waals surface area (Å²) in [6.07, 6.45) is 3.65. The average Bonchev–Trinajstić information content (AvgIpc) is 3.16. The molecule has 6 heteroatoms. The van der Waals surface area contributed by atoms with Gasteiger partial charge in [0.15, 0.2) is 5.82 Å². The van der Waals surface area contributed by atoms with E-state index in [0.717, 1.165) is 45.1 Å². The molecule has 4 heterocycles. The van der Waals surface area contributed by atoms with Crippen molar-refractivity contribution in [2.75, 3.05) is 0 Å². The van der Waals surface area contributed by atoms with E-state index in [2.05, 4.69) is 61.5 Å². The predicted molar refractivity (Wildman–Crippen MR) is 104 cm³/mol. The maximum Gasteiger partial charge on any atom is 0.157 e. The fourth-order valence-electron chi connectivity index (χ4n) is 3.00. The molecule has 0 radical (unpaired) electrons. The second-order valence-corrected chi connectivity index (χ2v) is 8.81. The number of nitrogens with zero attached hydrogens (tertiary/aromatic N) is 4. The Labute approximate surface area is 152 Å². The van der Waals surface area contributed by atoms with Crippen molar-refractivity contribution in [2.45, 2.75) is 52.4 Å². The molecule has 0 aliphatic rings. The van der Waals surface area contributed by atoms with Gasteiger partial charge in [-0.05, 0) is 12.1 Å². The number of rotatable bonds is 1. The molecule has 2 N–H and O–H groups in total. The van der Waals surface area contributed by atoms with Crippen LogP contribution in [0.4, 0.5) is 0 Å². The molecule has 0 unspecified atom stereocenters. The highest BCUT2D eigenvalue weighted by molar-refractivity contribution is 5.83. The van der Waals surface area contributed by atoms with Gasteiger partial charge < -0.3 is 9.97 Å². The third kappa shape index (κ3) is 2.75. The Morgan fingerprint density at radius 1 is 0.846 bits per heavy atom. The summed E-state index contributed by atoms with van der Waals surface area (Å²) in [6, 6.07) is 3.93. The lowest BCUT2D eigenvalue weighted by Gasteiger charge is -2.17. The Morgan fingerprint density at radius 2 is 1.62 bits per heavy atom. The zero-order chi connectivity index (χ0) is 18.7. The largest absolute Gasteiger partial charge is 0.340 e. The highest BCUT2D eigenvalue weighted by atomic mass is 15.0. The Morgan fingerprint density at radius 3 is 2.31 bits per heavy atom. The summed E-state index contributed by atoms with van der Waals surface area (Å²) >= 11 is 0. The van der Waals surface area contributed by atoms with E-state index in [4.69, 9.17) is 9.97 Å². The smallest absolute Gasteiger partial charge is 0.157 e. The zero-order valence-corrected chi connectivity index (χ0v) is 16.1. The summed E-state index contributed by atoms with van der Waals surface area (Å²) in [7, 11) is 0. The van der Waals surface area contributed by atoms with Crippen molar-refractivity contribution in [1.82, 2.24) is 29.9 Å². The van der Waals surface area contributed by atoms with Gasteiger partial charge in [0.05, 0.1) is 28.4 Å². The van der Waals surface area contributed by atoms with Crippen LogP contribution in [-0.2, 0) is 10.8 Å². The number of fused-ring (bicyclic) bond motifs is 2. The van der Waals surface area contributed by atoms with Gasteiger partial charge in [0, 0.05) is 17.0 Å². The number of imidazole rings is 2. The monoisotopic (exact) mass is 348 g/mol. The molecule has 0 atom stereocenters. The van der Waals surface area contributed by atoms with E-state index in [-0.39, 0.29) is 10.8 Å². The van der Waals surface area contributed by atoms with Crippen LogP contribution in [0.5, 0.6) is 0 Å². The summed E-state index contributed by atoms with van der Waals surface area (Å²) < 4.78 is 0. The van der Waals surface area contributed by atoms with Gasteiger partial charge in [-0.25, -0.2) is 9.97 Å². The van der Waals surface area contributed by atoms with Crippen molar-refractivity contribution in [2.24, 2.45) is 0 Å². The number of hydrogen-bond donors (Lipinski definition) is 2. The molecule has 0 bridgehead atoms. The minimum Gasteiger partial charge on any atom is -0.340 e. The van der Waals surface area contributed by atoms with Crippen LogP contribution in [0.1, 0.15) is 53.1 Å². The summed E-state index contributed by atoms with van der Waals surface area (Å²) in [6.45, 7) is 12.8. The maximum atomic E-state index is 4.79. The standard InChI is InChI=1S/C20H24N6/c1-19(2,3)16-15-11(7-8-21-16)23-17(26-15)13-9-12-14(10-22-13)25-18(24-12)20(4,5)6/h7-10H,1-6H3,(H,23,26)(H,24,25). The number of pyridine rings is 2. The van der Waals surface area contributed by atoms with Crippen LogP contribution in [0.3, 0.4) is 0 Å². The van der Waals surface area contributed by atoms with Gasteiger partial charge in [0.2, 0.25) is 0 Å². The van der Waals surface area contributed by atoms with Crippen LogP contribution in [0.2, 0.25) is 0 Å². The van der Waals surface area contributed by atoms with Crippen molar-refractivity contribution in [3.8, 4) is 11.5 Å². The number of nitrogens with one attached hydrogen (secondary N) is 2. The van der Waals surface area contributed by atoms with Gasteiger partial charge in [-0.2, -0.15) is 0 Å². The van der Waals surface area contributed by atoms with Gasteiger partial charge in [0.25, 0.3) is 0 Å². The van der Waals surface area contributed by atoms with Gasteiger partial charge >= 0.3 is 0 Å². The molecule has 0 amide bonds. The quantitative estimate of drug-likeness (QED) is 0.531. The first-order valence-electron chi connectivity index (χ1n) is 8.85. The van der Waals surface area contributed by atoms with Crippen LogP contribution in [0, 0.1) is 0 Å². The number of hydrogen-bond acceptors (Lipinski definition) is 4. The third-order valence-electron chi connectivity index (χ3n) is 4.43. The highest BCUT2D eigenvalue weighted by Crippen LogP contribution is 2.29. The van der Waals surface area contributed by atoms with E-state index in [9.17, 15) is 0 Å². The van der Waals surface area contributed by atoms with Crippen LogP contribution < -0.4 is 0 Å². The number of aromatic nitrogens is 6. The SMILES string of the molecule is CC(C)(C)c1nc2cc(-c3nc4c(C(C)(C)C)nccc4[nH]3)ncc2[nH]1. The molecule has 0 aliphatic heterocycles. The lowest BCUT2D eigenvalue weighted by molar-refractivity contribution is 0.554. The summed E-state index contributed by atoms with van der Waals surface area (Å²) in [5.74, 6) is 1.69. The summed E-state index contributed by atoms with van der Waals surface area (Å²) in [4.78, 5) is 25.4. The molecule has 0 saturated heterocycles. The molecule has 4 rings (SSSR count). The molecule has 4 aromatic heterocycles. The zero-order valence-electron chi connectivity index (χ0n) is 16.1. The Bertz CT molecular complexity index is 1100. The fraction of sp³-hybridized carbons (Fsp3) is 0.400. The van der Waals surface area contributed by atoms with E-state index in [1.165, 1.54) is 0 Å². The molecule has 26 heavy (non-hydrogen) atoms. The molecule has 0 aliphatic carbocycles. The molecule has 134 valence electrons. The third-order valence-corrected chi connectivity index (χ3v) is 4.43. The van der Waals surface area contributed by atoms with Crippen LogP contribution in [0.15, 0.2) is 24.5 Å². The Kier molecular flexibility index (Phi) is 3.45. The van der Waals surface area contributed by atoms with E-state index in [0.29, 0.717) is 0 Å². The molecule has 0 saturated carbocycles. The second kappa shape index (κ2) is 5.37. The molecule has 6 nitrogen and oxygen atoms in total. The molecule has 0 fully saturated rings. The van der Waals surface area contributed by atoms with Crippen molar-refractivity contribution in [1.29, 1.82) is 0 Å². The van der Waals surface area contributed by atoms with Gasteiger partial charge in [0.1, 0.15) is 17.0 Å². The van der Waals surface area contributed by atoms with Crippen LogP contribution >= 0.6 is 0 Å². The predicted octanol–water partition coefficient (Wildman–Crippen LogP) is 4.49. The number of aromatic amines is 2. The minimum absolute atomic E-state index is 0.0359. The second-order valence-electron chi connectivity index (χ2n) is 8.81. The van der Waals surface area contributed by atoms with Crippen LogP contribution in [-0.4, -0.2) is 29.9 Å². The van der Waals surface area contributed by atoms with E-state index >= 15 is 0 Å². The molecule has 0 aromatic carbocycles. The van der Waals surface area contributed by atoms with Gasteiger partial charge in [-0.1, -0.05) is 41.5 Å². The van der Waals surface area contributed by atoms with Crippen molar-refractivity contribution < 1.29 is 0 Å². The van der Waals surface area contributed by atoms with E-state index in [1.807, 2.05) is 24.5 Å². The minimum atomic E-state index is -0.0762. The summed E-state index contributed by atoms with van der Waals surface area (Å²) in [5, 5.41) is 0. The fourth-order valence-corrected chi connectivity index (χ4v) is 3.00. The summed E-state index contributed by atoms with van der Waals surface area (Å²) in [5.41, 5.74) is 5.35. The van der Waals surface area contributed by atoms with Crippen molar-refractivity contribution in [3.63, 3.8) is 0 Å². The lowest BCUT2D eigenvalue weighted by Crippen LogP contribution is -2.13.